The Morgan fingerprint density at radius 3 is 2.19 bits per heavy atom. The van der Waals surface area contributed by atoms with Gasteiger partial charge in [0.2, 0.25) is 21.8 Å². The molecule has 0 saturated heterocycles. The molecule has 2 rings (SSSR count). The summed E-state index contributed by atoms with van der Waals surface area (Å²) in [4.78, 5) is 27.7. The molecule has 1 N–H and O–H groups in total. The number of nitrogens with zero attached hydrogens (tertiary/aromatic N) is 2. The fourth-order valence-corrected chi connectivity index (χ4v) is 4.90. The SMILES string of the molecule is CC[C@@H](C(=O)NC(C)C)N(Cc1ccccc1Cl)C(=O)CN(c1cc(C(F)(F)F)ccc1Cl)S(C)(=O)=O. The van der Waals surface area contributed by atoms with Crippen molar-refractivity contribution in [1.82, 2.24) is 10.2 Å². The van der Waals surface area contributed by atoms with E-state index in [1.54, 1.807) is 45.0 Å². The van der Waals surface area contributed by atoms with Crippen molar-refractivity contribution >= 4 is 50.7 Å². The summed E-state index contributed by atoms with van der Waals surface area (Å²) in [6.07, 6.45) is -3.85. The van der Waals surface area contributed by atoms with E-state index in [9.17, 15) is 31.2 Å². The Labute approximate surface area is 224 Å². The van der Waals surface area contributed by atoms with Crippen LogP contribution in [0.3, 0.4) is 0 Å². The van der Waals surface area contributed by atoms with E-state index in [4.69, 9.17) is 23.2 Å². The molecule has 0 aliphatic heterocycles. The van der Waals surface area contributed by atoms with Gasteiger partial charge in [-0.05, 0) is 50.1 Å². The van der Waals surface area contributed by atoms with Gasteiger partial charge >= 0.3 is 6.18 Å². The molecule has 0 aliphatic carbocycles. The number of halogens is 5. The molecule has 0 saturated carbocycles. The van der Waals surface area contributed by atoms with Gasteiger partial charge in [0, 0.05) is 17.6 Å². The predicted molar refractivity (Wildman–Crippen MR) is 138 cm³/mol. The van der Waals surface area contributed by atoms with Crippen molar-refractivity contribution in [1.29, 1.82) is 0 Å². The van der Waals surface area contributed by atoms with Gasteiger partial charge in [-0.25, -0.2) is 8.42 Å². The van der Waals surface area contributed by atoms with Crippen LogP contribution in [0.5, 0.6) is 0 Å². The van der Waals surface area contributed by atoms with Crippen LogP contribution in [0.4, 0.5) is 18.9 Å². The van der Waals surface area contributed by atoms with E-state index in [0.29, 0.717) is 27.0 Å². The Morgan fingerprint density at radius 1 is 1.05 bits per heavy atom. The van der Waals surface area contributed by atoms with Crippen molar-refractivity contribution in [2.75, 3.05) is 17.1 Å². The second-order valence-electron chi connectivity index (χ2n) is 8.63. The van der Waals surface area contributed by atoms with Crippen LogP contribution in [0, 0.1) is 0 Å². The molecule has 0 spiro atoms. The molecule has 0 bridgehead atoms. The quantitative estimate of drug-likeness (QED) is 0.422. The summed E-state index contributed by atoms with van der Waals surface area (Å²) in [7, 11) is -4.28. The Kier molecular flexibility index (Phi) is 10.3. The average molecular weight is 582 g/mol. The summed E-state index contributed by atoms with van der Waals surface area (Å²) in [6, 6.07) is 7.55. The molecule has 0 unspecified atom stereocenters. The van der Waals surface area contributed by atoms with Crippen LogP contribution in [-0.2, 0) is 32.3 Å². The lowest BCUT2D eigenvalue weighted by Crippen LogP contribution is -2.53. The van der Waals surface area contributed by atoms with E-state index in [0.717, 1.165) is 12.3 Å². The highest BCUT2D eigenvalue weighted by molar-refractivity contribution is 7.92. The number of hydrogen-bond donors (Lipinski definition) is 1. The first-order valence-electron chi connectivity index (χ1n) is 11.2. The summed E-state index contributed by atoms with van der Waals surface area (Å²) >= 11 is 12.3. The van der Waals surface area contributed by atoms with Crippen molar-refractivity contribution in [2.24, 2.45) is 0 Å². The fraction of sp³-hybridized carbons (Fsp3) is 0.417. The monoisotopic (exact) mass is 581 g/mol. The molecule has 0 heterocycles. The van der Waals surface area contributed by atoms with Crippen LogP contribution in [0.1, 0.15) is 38.3 Å². The van der Waals surface area contributed by atoms with Crippen LogP contribution in [0.15, 0.2) is 42.5 Å². The number of nitrogens with one attached hydrogen (secondary N) is 1. The lowest BCUT2D eigenvalue weighted by molar-refractivity contribution is -0.140. The molecule has 0 radical (unpaired) electrons. The van der Waals surface area contributed by atoms with Crippen LogP contribution in [0.25, 0.3) is 0 Å². The van der Waals surface area contributed by atoms with Crippen molar-refractivity contribution < 1.29 is 31.2 Å². The van der Waals surface area contributed by atoms with E-state index in [1.165, 1.54) is 4.90 Å². The van der Waals surface area contributed by atoms with Gasteiger partial charge in [0.15, 0.2) is 0 Å². The van der Waals surface area contributed by atoms with Crippen LogP contribution in [0.2, 0.25) is 10.0 Å². The summed E-state index contributed by atoms with van der Waals surface area (Å²) < 4.78 is 65.8. The van der Waals surface area contributed by atoms with Crippen LogP contribution in [-0.4, -0.2) is 50.0 Å². The molecule has 1 atom stereocenters. The molecule has 2 aromatic carbocycles. The minimum atomic E-state index is -4.77. The van der Waals surface area contributed by atoms with E-state index in [2.05, 4.69) is 5.32 Å². The minimum Gasteiger partial charge on any atom is -0.352 e. The third-order valence-electron chi connectivity index (χ3n) is 5.34. The Hall–Kier alpha value is -2.50. The first-order valence-corrected chi connectivity index (χ1v) is 13.8. The molecule has 204 valence electrons. The lowest BCUT2D eigenvalue weighted by atomic mass is 10.1. The average Bonchev–Trinajstić information content (AvgIpc) is 2.77. The summed E-state index contributed by atoms with van der Waals surface area (Å²) in [5.74, 6) is -1.30. The largest absolute Gasteiger partial charge is 0.416 e. The normalized spacial score (nSPS) is 12.8. The number of amides is 2. The molecule has 13 heteroatoms. The number of sulfonamides is 1. The number of hydrogen-bond acceptors (Lipinski definition) is 4. The maximum Gasteiger partial charge on any atom is 0.416 e. The molecular formula is C24H28Cl2F3N3O4S. The second-order valence-corrected chi connectivity index (χ2v) is 11.4. The van der Waals surface area contributed by atoms with E-state index in [-0.39, 0.29) is 24.0 Å². The maximum absolute atomic E-state index is 13.6. The molecule has 0 fully saturated rings. The van der Waals surface area contributed by atoms with Gasteiger partial charge in [-0.1, -0.05) is 48.3 Å². The third-order valence-corrected chi connectivity index (χ3v) is 7.15. The number of rotatable bonds is 10. The van der Waals surface area contributed by atoms with Crippen molar-refractivity contribution in [3.05, 3.63) is 63.6 Å². The van der Waals surface area contributed by atoms with Gasteiger partial charge in [-0.15, -0.1) is 0 Å². The summed E-state index contributed by atoms with van der Waals surface area (Å²) in [6.45, 7) is 4.12. The maximum atomic E-state index is 13.6. The number of anilines is 1. The van der Waals surface area contributed by atoms with E-state index in [1.807, 2.05) is 0 Å². The van der Waals surface area contributed by atoms with E-state index >= 15 is 0 Å². The summed E-state index contributed by atoms with van der Waals surface area (Å²) in [5.41, 5.74) is -1.15. The molecular weight excluding hydrogens is 554 g/mol. The topological polar surface area (TPSA) is 86.8 Å². The molecule has 0 aromatic heterocycles. The van der Waals surface area contributed by atoms with Crippen molar-refractivity contribution in [2.45, 2.75) is 52.0 Å². The van der Waals surface area contributed by atoms with Gasteiger partial charge < -0.3 is 10.2 Å². The smallest absolute Gasteiger partial charge is 0.352 e. The van der Waals surface area contributed by atoms with Gasteiger partial charge in [0.25, 0.3) is 0 Å². The third kappa shape index (κ3) is 8.24. The zero-order valence-electron chi connectivity index (χ0n) is 20.6. The van der Waals surface area contributed by atoms with Crippen molar-refractivity contribution in [3.8, 4) is 0 Å². The number of carbonyl (C=O) groups excluding carboxylic acids is 2. The second kappa shape index (κ2) is 12.4. The minimum absolute atomic E-state index is 0.142. The van der Waals surface area contributed by atoms with Crippen LogP contribution >= 0.6 is 23.2 Å². The molecule has 0 aliphatic rings. The predicted octanol–water partition coefficient (Wildman–Crippen LogP) is 5.11. The lowest BCUT2D eigenvalue weighted by Gasteiger charge is -2.33. The van der Waals surface area contributed by atoms with Crippen molar-refractivity contribution in [3.63, 3.8) is 0 Å². The number of carbonyl (C=O) groups is 2. The Bertz CT molecular complexity index is 1240. The van der Waals surface area contributed by atoms with Crippen LogP contribution < -0.4 is 9.62 Å². The number of benzene rings is 2. The molecule has 2 aromatic rings. The number of alkyl halides is 3. The molecule has 7 nitrogen and oxygen atoms in total. The highest BCUT2D eigenvalue weighted by Gasteiger charge is 2.35. The highest BCUT2D eigenvalue weighted by Crippen LogP contribution is 2.36. The summed E-state index contributed by atoms with van der Waals surface area (Å²) in [5, 5.41) is 2.76. The standard InChI is InChI=1S/C24H28Cl2F3N3O4S/c1-5-20(23(34)30-15(2)3)31(13-16-8-6-7-9-18(16)25)22(33)14-32(37(4,35)36)21-12-17(24(27,28)29)10-11-19(21)26/h6-12,15,20H,5,13-14H2,1-4H3,(H,30,34)/t20-/m0/s1. The Morgan fingerprint density at radius 2 is 1.68 bits per heavy atom. The first-order chi connectivity index (χ1) is 17.1. The fourth-order valence-electron chi connectivity index (χ4n) is 3.59. The van der Waals surface area contributed by atoms with Gasteiger partial charge in [-0.2, -0.15) is 13.2 Å². The van der Waals surface area contributed by atoms with Gasteiger partial charge in [-0.3, -0.25) is 13.9 Å². The molecule has 37 heavy (non-hydrogen) atoms. The van der Waals surface area contributed by atoms with Gasteiger partial charge in [0.05, 0.1) is 22.5 Å². The Balaban J connectivity index is 2.56. The molecule has 2 amide bonds. The first kappa shape index (κ1) is 30.7. The van der Waals surface area contributed by atoms with E-state index < -0.39 is 51.9 Å². The zero-order valence-corrected chi connectivity index (χ0v) is 23.0. The highest BCUT2D eigenvalue weighted by atomic mass is 35.5. The van der Waals surface area contributed by atoms with Gasteiger partial charge in [0.1, 0.15) is 12.6 Å². The zero-order chi connectivity index (χ0) is 28.1.